The van der Waals surface area contributed by atoms with E-state index in [1.165, 1.54) is 11.9 Å². The number of rotatable bonds is 12. The quantitative estimate of drug-likeness (QED) is 0.249. The highest BCUT2D eigenvalue weighted by molar-refractivity contribution is 8.05. The summed E-state index contributed by atoms with van der Waals surface area (Å²) in [5.41, 5.74) is 9.07. The topological polar surface area (TPSA) is 74.6 Å². The van der Waals surface area contributed by atoms with Gasteiger partial charge < -0.3 is 26.0 Å². The zero-order chi connectivity index (χ0) is 23.7. The van der Waals surface area contributed by atoms with Gasteiger partial charge in [-0.1, -0.05) is 0 Å². The van der Waals surface area contributed by atoms with Crippen molar-refractivity contribution in [2.75, 3.05) is 44.5 Å². The molecule has 32 heavy (non-hydrogen) atoms. The Morgan fingerprint density at radius 3 is 2.69 bits per heavy atom. The fourth-order valence-corrected chi connectivity index (χ4v) is 4.62. The number of thioether (sulfide) groups is 1. The second kappa shape index (κ2) is 12.8. The number of aryl methyl sites for hydroxylation is 1. The minimum atomic E-state index is -0.280. The lowest BCUT2D eigenvalue weighted by Gasteiger charge is -2.24. The van der Waals surface area contributed by atoms with Crippen molar-refractivity contribution in [2.24, 2.45) is 5.73 Å². The van der Waals surface area contributed by atoms with Crippen LogP contribution in [0.2, 0.25) is 0 Å². The van der Waals surface area contributed by atoms with Crippen LogP contribution in [-0.2, 0) is 0 Å². The van der Waals surface area contributed by atoms with Gasteiger partial charge >= 0.3 is 0 Å². The number of nitrogens with zero attached hydrogens (tertiary/aromatic N) is 1. The lowest BCUT2D eigenvalue weighted by molar-refractivity contribution is 0.415. The summed E-state index contributed by atoms with van der Waals surface area (Å²) in [6, 6.07) is 9.23. The smallest absolute Gasteiger partial charge is 0.140 e. The van der Waals surface area contributed by atoms with Crippen LogP contribution in [0.25, 0.3) is 0 Å². The van der Waals surface area contributed by atoms with Crippen LogP contribution >= 0.6 is 23.7 Å². The van der Waals surface area contributed by atoms with Crippen LogP contribution in [0.5, 0.6) is 5.75 Å². The minimum absolute atomic E-state index is 0.0901. The number of nitrogens with one attached hydrogen (secondary N) is 3. The lowest BCUT2D eigenvalue weighted by atomic mass is 10.1. The molecule has 176 valence electrons. The van der Waals surface area contributed by atoms with E-state index in [2.05, 4.69) is 20.3 Å². The fraction of sp³-hybridized carbons (Fsp3) is 0.391. The summed E-state index contributed by atoms with van der Waals surface area (Å²) in [7, 11) is 5.60. The van der Waals surface area contributed by atoms with Gasteiger partial charge in [-0.3, -0.25) is 0 Å². The third-order valence-electron chi connectivity index (χ3n) is 4.79. The van der Waals surface area contributed by atoms with E-state index in [4.69, 9.17) is 10.5 Å². The van der Waals surface area contributed by atoms with Gasteiger partial charge in [0.1, 0.15) is 11.6 Å². The number of benzene rings is 2. The van der Waals surface area contributed by atoms with Gasteiger partial charge in [0, 0.05) is 38.1 Å². The van der Waals surface area contributed by atoms with Gasteiger partial charge in [0.25, 0.3) is 0 Å². The number of likely N-dealkylation sites (N-methyl/N-ethyl adjacent to an activating group) is 2. The molecule has 1 unspecified atom stereocenters. The number of halogens is 1. The molecular formula is C23H34FN5OS2. The summed E-state index contributed by atoms with van der Waals surface area (Å²) >= 11 is 2.88. The molecule has 0 amide bonds. The van der Waals surface area contributed by atoms with Crippen molar-refractivity contribution in [1.82, 2.24) is 10.0 Å². The van der Waals surface area contributed by atoms with E-state index in [1.807, 2.05) is 59.1 Å². The molecule has 0 aliphatic heterocycles. The van der Waals surface area contributed by atoms with Crippen molar-refractivity contribution in [2.45, 2.75) is 31.0 Å². The van der Waals surface area contributed by atoms with Gasteiger partial charge in [0.2, 0.25) is 0 Å². The van der Waals surface area contributed by atoms with Gasteiger partial charge in [-0.25, -0.2) is 9.11 Å². The van der Waals surface area contributed by atoms with Crippen LogP contribution < -0.4 is 30.7 Å². The van der Waals surface area contributed by atoms with E-state index >= 15 is 0 Å². The molecule has 5 N–H and O–H groups in total. The van der Waals surface area contributed by atoms with Crippen LogP contribution in [0.1, 0.15) is 19.4 Å². The maximum Gasteiger partial charge on any atom is 0.140 e. The molecule has 2 aromatic rings. The van der Waals surface area contributed by atoms with Crippen molar-refractivity contribution in [3.63, 3.8) is 0 Å². The zero-order valence-corrected chi connectivity index (χ0v) is 21.2. The third kappa shape index (κ3) is 7.51. The molecule has 0 aromatic heterocycles. The first kappa shape index (κ1) is 26.2. The summed E-state index contributed by atoms with van der Waals surface area (Å²) in [4.78, 5) is 3.70. The van der Waals surface area contributed by atoms with Crippen LogP contribution in [0.3, 0.4) is 0 Å². The van der Waals surface area contributed by atoms with Crippen molar-refractivity contribution in [3.8, 4) is 5.75 Å². The number of ether oxygens (including phenoxy) is 1. The van der Waals surface area contributed by atoms with Crippen LogP contribution in [0.4, 0.5) is 21.5 Å². The summed E-state index contributed by atoms with van der Waals surface area (Å²) in [5, 5.41) is 6.65. The van der Waals surface area contributed by atoms with E-state index in [0.717, 1.165) is 46.4 Å². The van der Waals surface area contributed by atoms with Gasteiger partial charge in [-0.15, -0.1) is 11.8 Å². The zero-order valence-electron chi connectivity index (χ0n) is 19.6. The molecule has 9 heteroatoms. The number of hydrogen-bond donors (Lipinski definition) is 4. The summed E-state index contributed by atoms with van der Waals surface area (Å²) in [6.45, 7) is 7.60. The monoisotopic (exact) mass is 479 g/mol. The number of nitrogens with two attached hydrogens (primary N) is 1. The van der Waals surface area contributed by atoms with Crippen molar-refractivity contribution in [1.29, 1.82) is 0 Å². The number of allylic oxidation sites excluding steroid dienone is 1. The van der Waals surface area contributed by atoms with Crippen LogP contribution in [0.15, 0.2) is 46.3 Å². The van der Waals surface area contributed by atoms with Crippen LogP contribution in [-0.4, -0.2) is 39.7 Å². The normalized spacial score (nSPS) is 12.5. The lowest BCUT2D eigenvalue weighted by Crippen LogP contribution is -2.27. The van der Waals surface area contributed by atoms with Crippen molar-refractivity contribution >= 4 is 40.8 Å². The number of anilines is 3. The first-order chi connectivity index (χ1) is 15.3. The molecule has 0 saturated heterocycles. The Morgan fingerprint density at radius 1 is 1.28 bits per heavy atom. The predicted molar refractivity (Wildman–Crippen MR) is 139 cm³/mol. The maximum atomic E-state index is 14.9. The Labute approximate surface area is 199 Å². The highest BCUT2D eigenvalue weighted by atomic mass is 32.2. The van der Waals surface area contributed by atoms with Crippen molar-refractivity contribution < 1.29 is 9.13 Å². The third-order valence-corrected chi connectivity index (χ3v) is 6.93. The maximum absolute atomic E-state index is 14.9. The molecule has 6 nitrogen and oxygen atoms in total. The van der Waals surface area contributed by atoms with E-state index in [0.29, 0.717) is 4.90 Å². The summed E-state index contributed by atoms with van der Waals surface area (Å²) < 4.78 is 23.5. The predicted octanol–water partition coefficient (Wildman–Crippen LogP) is 5.04. The first-order valence-electron chi connectivity index (χ1n) is 10.4. The fourth-order valence-electron chi connectivity index (χ4n) is 2.96. The Kier molecular flexibility index (Phi) is 10.5. The second-order valence-electron chi connectivity index (χ2n) is 7.39. The minimum Gasteiger partial charge on any atom is -0.497 e. The Hall–Kier alpha value is -2.07. The second-order valence-corrected chi connectivity index (χ2v) is 9.85. The van der Waals surface area contributed by atoms with E-state index in [-0.39, 0.29) is 11.2 Å². The largest absolute Gasteiger partial charge is 0.497 e. The molecule has 0 radical (unpaired) electrons. The molecule has 0 saturated carbocycles. The van der Waals surface area contributed by atoms with Gasteiger partial charge in [-0.05, 0) is 74.5 Å². The Bertz CT molecular complexity index is 926. The summed E-state index contributed by atoms with van der Waals surface area (Å²) in [5.74, 6) is 0.492. The molecule has 0 aliphatic carbocycles. The molecule has 2 aromatic carbocycles. The molecule has 0 bridgehead atoms. The Morgan fingerprint density at radius 2 is 2.03 bits per heavy atom. The standard InChI is InChI=1S/C23H34FN5OS2/c1-15-11-23(32-28-17(3)31-16(2)14-25)19(24)13-21(15)27-20-8-7-18(30-6)12-22(20)29(5)10-9-26-4/h7-8,11-14,17,26-28H,9-10,25H2,1-6H3/b16-14-. The first-order valence-corrected chi connectivity index (χ1v) is 12.1. The average molecular weight is 480 g/mol. The Balaban J connectivity index is 2.20. The van der Waals surface area contributed by atoms with Crippen LogP contribution in [0, 0.1) is 12.7 Å². The van der Waals surface area contributed by atoms with Gasteiger partial charge in [-0.2, -0.15) is 0 Å². The molecule has 0 spiro atoms. The highest BCUT2D eigenvalue weighted by Crippen LogP contribution is 2.35. The van der Waals surface area contributed by atoms with Gasteiger partial charge in [0.15, 0.2) is 0 Å². The van der Waals surface area contributed by atoms with E-state index in [9.17, 15) is 4.39 Å². The number of methoxy groups -OCH3 is 1. The molecule has 1 atom stereocenters. The molecule has 0 aliphatic rings. The highest BCUT2D eigenvalue weighted by Gasteiger charge is 2.14. The number of hydrogen-bond acceptors (Lipinski definition) is 8. The van der Waals surface area contributed by atoms with E-state index in [1.54, 1.807) is 31.1 Å². The van der Waals surface area contributed by atoms with Crippen molar-refractivity contribution in [3.05, 3.63) is 52.8 Å². The van der Waals surface area contributed by atoms with Gasteiger partial charge in [0.05, 0.1) is 28.8 Å². The SMILES string of the molecule is CNCCN(C)c1cc(OC)ccc1Nc1cc(F)c(SNC(C)S/C(C)=C\N)cc1C. The molecular weight excluding hydrogens is 445 g/mol. The van der Waals surface area contributed by atoms with E-state index < -0.39 is 0 Å². The average Bonchev–Trinajstić information content (AvgIpc) is 2.78. The molecule has 0 fully saturated rings. The molecule has 2 rings (SSSR count). The summed E-state index contributed by atoms with van der Waals surface area (Å²) in [6.07, 6.45) is 1.57. The molecule has 0 heterocycles.